The van der Waals surface area contributed by atoms with Crippen molar-refractivity contribution in [3.05, 3.63) is 26.8 Å². The van der Waals surface area contributed by atoms with E-state index in [1.807, 2.05) is 0 Å². The highest BCUT2D eigenvalue weighted by Gasteiger charge is 2.24. The monoisotopic (exact) mass is 347 g/mol. The summed E-state index contributed by atoms with van der Waals surface area (Å²) < 4.78 is 6.68. The molecule has 0 saturated carbocycles. The third-order valence-electron chi connectivity index (χ3n) is 3.18. The molecule has 1 unspecified atom stereocenters. The van der Waals surface area contributed by atoms with Gasteiger partial charge in [-0.25, -0.2) is 0 Å². The molecule has 1 atom stereocenters. The standard InChI is InChI=1S/C13H18INO2/c1-9-5-11(14)6-10(2)13(9)15-3-4-17-8-12(15)7-16/h5-6,12,16H,3-4,7-8H2,1-2H3. The molecule has 2 rings (SSSR count). The number of morpholine rings is 1. The Morgan fingerprint density at radius 2 is 2.06 bits per heavy atom. The van der Waals surface area contributed by atoms with Crippen LogP contribution in [0.5, 0.6) is 0 Å². The van der Waals surface area contributed by atoms with Crippen LogP contribution in [0.25, 0.3) is 0 Å². The van der Waals surface area contributed by atoms with E-state index in [4.69, 9.17) is 4.74 Å². The molecule has 0 spiro atoms. The van der Waals surface area contributed by atoms with E-state index in [1.54, 1.807) is 0 Å². The molecule has 1 fully saturated rings. The summed E-state index contributed by atoms with van der Waals surface area (Å²) in [4.78, 5) is 2.28. The molecule has 1 heterocycles. The van der Waals surface area contributed by atoms with Crippen molar-refractivity contribution in [2.24, 2.45) is 0 Å². The summed E-state index contributed by atoms with van der Waals surface area (Å²) in [6, 6.07) is 4.46. The van der Waals surface area contributed by atoms with Crippen molar-refractivity contribution in [3.63, 3.8) is 0 Å². The number of aryl methyl sites for hydroxylation is 2. The molecule has 4 heteroatoms. The van der Waals surface area contributed by atoms with Crippen LogP contribution in [-0.2, 0) is 4.74 Å². The fourth-order valence-corrected chi connectivity index (χ4v) is 3.39. The van der Waals surface area contributed by atoms with Gasteiger partial charge in [0.1, 0.15) is 0 Å². The first-order valence-electron chi connectivity index (χ1n) is 5.85. The largest absolute Gasteiger partial charge is 0.394 e. The molecule has 0 aromatic heterocycles. The average molecular weight is 347 g/mol. The molecule has 0 bridgehead atoms. The van der Waals surface area contributed by atoms with Crippen molar-refractivity contribution < 1.29 is 9.84 Å². The Balaban J connectivity index is 2.38. The summed E-state index contributed by atoms with van der Waals surface area (Å²) in [6.07, 6.45) is 0. The van der Waals surface area contributed by atoms with Gasteiger partial charge >= 0.3 is 0 Å². The first kappa shape index (κ1) is 13.1. The summed E-state index contributed by atoms with van der Waals surface area (Å²) >= 11 is 2.34. The number of hydrogen-bond donors (Lipinski definition) is 1. The number of halogens is 1. The smallest absolute Gasteiger partial charge is 0.0755 e. The lowest BCUT2D eigenvalue weighted by Gasteiger charge is -2.38. The maximum atomic E-state index is 9.44. The second-order valence-corrected chi connectivity index (χ2v) is 5.74. The van der Waals surface area contributed by atoms with Crippen molar-refractivity contribution in [2.45, 2.75) is 19.9 Å². The van der Waals surface area contributed by atoms with Gasteiger partial charge in [-0.15, -0.1) is 0 Å². The number of ether oxygens (including phenoxy) is 1. The Morgan fingerprint density at radius 3 is 2.65 bits per heavy atom. The topological polar surface area (TPSA) is 32.7 Å². The third-order valence-corrected chi connectivity index (χ3v) is 3.80. The fraction of sp³-hybridized carbons (Fsp3) is 0.538. The Morgan fingerprint density at radius 1 is 1.41 bits per heavy atom. The Bertz CT molecular complexity index is 385. The molecule has 1 saturated heterocycles. The number of hydrogen-bond acceptors (Lipinski definition) is 3. The molecule has 1 aliphatic rings. The molecular weight excluding hydrogens is 329 g/mol. The second-order valence-electron chi connectivity index (χ2n) is 4.49. The van der Waals surface area contributed by atoms with Gasteiger partial charge in [0.25, 0.3) is 0 Å². The van der Waals surface area contributed by atoms with Gasteiger partial charge in [0.15, 0.2) is 0 Å². The summed E-state index contributed by atoms with van der Waals surface area (Å²) in [7, 11) is 0. The highest BCUT2D eigenvalue weighted by molar-refractivity contribution is 14.1. The lowest BCUT2D eigenvalue weighted by molar-refractivity contribution is 0.0726. The van der Waals surface area contributed by atoms with Gasteiger partial charge < -0.3 is 14.7 Å². The minimum Gasteiger partial charge on any atom is -0.394 e. The van der Waals surface area contributed by atoms with Crippen molar-refractivity contribution in [1.29, 1.82) is 0 Å². The normalized spacial score (nSPS) is 20.7. The molecule has 1 N–H and O–H groups in total. The summed E-state index contributed by atoms with van der Waals surface area (Å²) in [6.45, 7) is 6.61. The summed E-state index contributed by atoms with van der Waals surface area (Å²) in [5.74, 6) is 0. The van der Waals surface area contributed by atoms with Crippen LogP contribution in [0.4, 0.5) is 5.69 Å². The molecular formula is C13H18INO2. The number of benzene rings is 1. The lowest BCUT2D eigenvalue weighted by atomic mass is 10.1. The van der Waals surface area contributed by atoms with Crippen LogP contribution in [-0.4, -0.2) is 37.5 Å². The number of aliphatic hydroxyl groups is 1. The number of anilines is 1. The fourth-order valence-electron chi connectivity index (χ4n) is 2.46. The maximum absolute atomic E-state index is 9.44. The molecule has 17 heavy (non-hydrogen) atoms. The van der Waals surface area contributed by atoms with Crippen molar-refractivity contribution >= 4 is 28.3 Å². The van der Waals surface area contributed by atoms with Gasteiger partial charge in [0.2, 0.25) is 0 Å². The van der Waals surface area contributed by atoms with Gasteiger partial charge in [0.05, 0.1) is 25.9 Å². The van der Waals surface area contributed by atoms with E-state index >= 15 is 0 Å². The van der Waals surface area contributed by atoms with E-state index in [0.717, 1.165) is 13.2 Å². The maximum Gasteiger partial charge on any atom is 0.0755 e. The van der Waals surface area contributed by atoms with Crippen LogP contribution >= 0.6 is 22.6 Å². The van der Waals surface area contributed by atoms with Crippen LogP contribution in [0.15, 0.2) is 12.1 Å². The molecule has 1 aromatic rings. The van der Waals surface area contributed by atoms with Crippen molar-refractivity contribution in [2.75, 3.05) is 31.3 Å². The minimum atomic E-state index is 0.0845. The van der Waals surface area contributed by atoms with E-state index in [2.05, 4.69) is 53.5 Å². The highest BCUT2D eigenvalue weighted by Crippen LogP contribution is 2.29. The molecule has 0 amide bonds. The van der Waals surface area contributed by atoms with E-state index in [-0.39, 0.29) is 12.6 Å². The molecule has 0 radical (unpaired) electrons. The van der Waals surface area contributed by atoms with Crippen LogP contribution in [0.1, 0.15) is 11.1 Å². The van der Waals surface area contributed by atoms with Crippen LogP contribution in [0.3, 0.4) is 0 Å². The number of nitrogens with zero attached hydrogens (tertiary/aromatic N) is 1. The summed E-state index contributed by atoms with van der Waals surface area (Å²) in [5.41, 5.74) is 3.80. The van der Waals surface area contributed by atoms with E-state index in [0.29, 0.717) is 6.61 Å². The molecule has 3 nitrogen and oxygen atoms in total. The molecule has 1 aromatic carbocycles. The Kier molecular flexibility index (Phi) is 4.27. The first-order chi connectivity index (χ1) is 8.13. The Labute approximate surface area is 116 Å². The average Bonchev–Trinajstić information content (AvgIpc) is 2.28. The van der Waals surface area contributed by atoms with Gasteiger partial charge in [-0.2, -0.15) is 0 Å². The predicted octanol–water partition coefficient (Wildman–Crippen LogP) is 2.11. The van der Waals surface area contributed by atoms with Crippen LogP contribution in [0.2, 0.25) is 0 Å². The van der Waals surface area contributed by atoms with Crippen molar-refractivity contribution in [3.8, 4) is 0 Å². The zero-order valence-electron chi connectivity index (χ0n) is 10.2. The second kappa shape index (κ2) is 5.54. The molecule has 1 aliphatic heterocycles. The third kappa shape index (κ3) is 2.74. The SMILES string of the molecule is Cc1cc(I)cc(C)c1N1CCOCC1CO. The van der Waals surface area contributed by atoms with Crippen LogP contribution < -0.4 is 4.90 Å². The predicted molar refractivity (Wildman–Crippen MR) is 77.7 cm³/mol. The minimum absolute atomic E-state index is 0.0845. The zero-order valence-corrected chi connectivity index (χ0v) is 12.4. The van der Waals surface area contributed by atoms with Gasteiger partial charge in [-0.05, 0) is 59.7 Å². The van der Waals surface area contributed by atoms with Crippen molar-refractivity contribution in [1.82, 2.24) is 0 Å². The molecule has 94 valence electrons. The van der Waals surface area contributed by atoms with Gasteiger partial charge in [0, 0.05) is 15.8 Å². The van der Waals surface area contributed by atoms with Crippen LogP contribution in [0, 0.1) is 17.4 Å². The van der Waals surface area contributed by atoms with E-state index in [9.17, 15) is 5.11 Å². The number of rotatable bonds is 2. The van der Waals surface area contributed by atoms with E-state index < -0.39 is 0 Å². The first-order valence-corrected chi connectivity index (χ1v) is 6.93. The van der Waals surface area contributed by atoms with E-state index in [1.165, 1.54) is 20.4 Å². The molecule has 0 aliphatic carbocycles. The lowest BCUT2D eigenvalue weighted by Crippen LogP contribution is -2.48. The quantitative estimate of drug-likeness (QED) is 0.832. The van der Waals surface area contributed by atoms with Gasteiger partial charge in [-0.3, -0.25) is 0 Å². The highest BCUT2D eigenvalue weighted by atomic mass is 127. The van der Waals surface area contributed by atoms with Gasteiger partial charge in [-0.1, -0.05) is 0 Å². The Hall–Kier alpha value is -0.330. The summed E-state index contributed by atoms with van der Waals surface area (Å²) in [5, 5.41) is 9.44. The number of aliphatic hydroxyl groups excluding tert-OH is 1. The zero-order chi connectivity index (χ0) is 12.4.